The van der Waals surface area contributed by atoms with Crippen LogP contribution in [0.3, 0.4) is 0 Å². The largest absolute Gasteiger partial charge is 0.416 e. The van der Waals surface area contributed by atoms with E-state index >= 15 is 0 Å². The number of hydrogen-bond donors (Lipinski definition) is 2. The Morgan fingerprint density at radius 2 is 1.74 bits per heavy atom. The van der Waals surface area contributed by atoms with Crippen molar-refractivity contribution in [1.82, 2.24) is 5.32 Å². The molecule has 23 heavy (non-hydrogen) atoms. The molecule has 10 heteroatoms. The average Bonchev–Trinajstić information content (AvgIpc) is 2.37. The summed E-state index contributed by atoms with van der Waals surface area (Å²) in [5.74, 6) is -0.786. The van der Waals surface area contributed by atoms with E-state index in [-0.39, 0.29) is 16.6 Å². The van der Waals surface area contributed by atoms with Gasteiger partial charge in [-0.25, -0.2) is 0 Å². The van der Waals surface area contributed by atoms with Gasteiger partial charge in [0.05, 0.1) is 16.3 Å². The van der Waals surface area contributed by atoms with Crippen LogP contribution in [0.25, 0.3) is 0 Å². The fraction of sp³-hybridized carbons (Fsp3) is 0.462. The van der Waals surface area contributed by atoms with Gasteiger partial charge in [0.2, 0.25) is 9.70 Å². The number of rotatable bonds is 4. The molecular weight excluding hydrogens is 399 g/mol. The van der Waals surface area contributed by atoms with Crippen LogP contribution in [0.1, 0.15) is 19.4 Å². The molecule has 0 aliphatic heterocycles. The highest BCUT2D eigenvalue weighted by Gasteiger charge is 2.35. The van der Waals surface area contributed by atoms with Crippen molar-refractivity contribution in [1.29, 1.82) is 0 Å². The normalized spacial score (nSPS) is 13.8. The zero-order valence-corrected chi connectivity index (χ0v) is 15.0. The molecule has 0 radical (unpaired) electrons. The number of carbonyl (C=O) groups excluding carboxylic acids is 1. The van der Waals surface area contributed by atoms with Crippen LogP contribution in [0.5, 0.6) is 0 Å². The number of carbonyl (C=O) groups is 1. The lowest BCUT2D eigenvalue weighted by molar-refractivity contribution is -0.137. The molecule has 0 saturated heterocycles. The van der Waals surface area contributed by atoms with Crippen molar-refractivity contribution in [3.8, 4) is 0 Å². The van der Waals surface area contributed by atoms with Crippen molar-refractivity contribution in [3.05, 3.63) is 28.8 Å². The predicted molar refractivity (Wildman–Crippen MR) is 87.1 cm³/mol. The summed E-state index contributed by atoms with van der Waals surface area (Å²) in [6.45, 7) is 3.27. The van der Waals surface area contributed by atoms with E-state index in [9.17, 15) is 18.0 Å². The highest BCUT2D eigenvalue weighted by molar-refractivity contribution is 6.68. The van der Waals surface area contributed by atoms with Crippen LogP contribution in [0.15, 0.2) is 18.2 Å². The van der Waals surface area contributed by atoms with Gasteiger partial charge < -0.3 is 10.6 Å². The molecule has 0 heterocycles. The summed E-state index contributed by atoms with van der Waals surface area (Å²) in [6, 6.07) is 2.66. The molecule has 1 rings (SSSR count). The first kappa shape index (κ1) is 20.5. The third kappa shape index (κ3) is 6.10. The van der Waals surface area contributed by atoms with Gasteiger partial charge in [-0.3, -0.25) is 4.79 Å². The molecular formula is C13H13Cl4F3N2O. The van der Waals surface area contributed by atoms with E-state index in [1.54, 1.807) is 13.8 Å². The Labute approximate surface area is 151 Å². The van der Waals surface area contributed by atoms with Gasteiger partial charge in [0.1, 0.15) is 6.17 Å². The van der Waals surface area contributed by atoms with Crippen LogP contribution >= 0.6 is 46.4 Å². The lowest BCUT2D eigenvalue weighted by atomic mass is 10.2. The van der Waals surface area contributed by atoms with E-state index in [0.717, 1.165) is 18.2 Å². The smallest absolute Gasteiger partial charge is 0.361 e. The van der Waals surface area contributed by atoms with Crippen LogP contribution in [-0.4, -0.2) is 15.9 Å². The fourth-order valence-electron chi connectivity index (χ4n) is 1.47. The molecule has 0 unspecified atom stereocenters. The number of anilines is 1. The Kier molecular flexibility index (Phi) is 6.73. The van der Waals surface area contributed by atoms with Crippen molar-refractivity contribution in [2.45, 2.75) is 30.0 Å². The standard InChI is InChI=1S/C13H13Cl4F3N2O/c1-6(2)10(23)22-11(12(15,16)17)21-9-4-3-7(5-8(9)14)13(18,19)20/h3-6,11,21H,1-2H3,(H,22,23)/t11-/m1/s1. The summed E-state index contributed by atoms with van der Waals surface area (Å²) in [7, 11) is 0. The summed E-state index contributed by atoms with van der Waals surface area (Å²) < 4.78 is 35.9. The fourth-order valence-corrected chi connectivity index (χ4v) is 2.04. The zero-order valence-electron chi connectivity index (χ0n) is 11.9. The summed E-state index contributed by atoms with van der Waals surface area (Å²) >= 11 is 23.2. The molecule has 2 N–H and O–H groups in total. The third-order valence-corrected chi connectivity index (χ3v) is 3.70. The summed E-state index contributed by atoms with van der Waals surface area (Å²) in [6.07, 6.45) is -5.71. The average molecular weight is 412 g/mol. The SMILES string of the molecule is CC(C)C(=O)N[C@@H](Nc1ccc(C(F)(F)F)cc1Cl)C(Cl)(Cl)Cl. The van der Waals surface area contributed by atoms with Gasteiger partial charge in [-0.05, 0) is 18.2 Å². The Morgan fingerprint density at radius 1 is 1.17 bits per heavy atom. The van der Waals surface area contributed by atoms with E-state index in [4.69, 9.17) is 46.4 Å². The first-order valence-electron chi connectivity index (χ1n) is 6.32. The van der Waals surface area contributed by atoms with Crippen LogP contribution < -0.4 is 10.6 Å². The molecule has 130 valence electrons. The summed E-state index contributed by atoms with van der Waals surface area (Å²) in [5, 5.41) is 4.85. The van der Waals surface area contributed by atoms with Gasteiger partial charge >= 0.3 is 6.18 Å². The van der Waals surface area contributed by atoms with Crippen molar-refractivity contribution in [2.75, 3.05) is 5.32 Å². The minimum atomic E-state index is -4.53. The number of halogens is 7. The molecule has 0 aromatic heterocycles. The van der Waals surface area contributed by atoms with E-state index in [2.05, 4.69) is 10.6 Å². The lowest BCUT2D eigenvalue weighted by Crippen LogP contribution is -2.50. The number of hydrogen-bond acceptors (Lipinski definition) is 2. The minimum Gasteiger partial charge on any atom is -0.361 e. The van der Waals surface area contributed by atoms with E-state index in [1.807, 2.05) is 0 Å². The molecule has 0 spiro atoms. The molecule has 1 atom stereocenters. The lowest BCUT2D eigenvalue weighted by Gasteiger charge is -2.28. The van der Waals surface area contributed by atoms with Gasteiger partial charge in [-0.2, -0.15) is 13.2 Å². The zero-order chi connectivity index (χ0) is 18.0. The van der Waals surface area contributed by atoms with Crippen molar-refractivity contribution in [3.63, 3.8) is 0 Å². The van der Waals surface area contributed by atoms with Gasteiger partial charge in [-0.1, -0.05) is 60.3 Å². The minimum absolute atomic E-state index is 0.0834. The molecule has 3 nitrogen and oxygen atoms in total. The second-order valence-corrected chi connectivity index (χ2v) is 7.75. The van der Waals surface area contributed by atoms with E-state index in [1.165, 1.54) is 0 Å². The van der Waals surface area contributed by atoms with E-state index in [0.29, 0.717) is 0 Å². The highest BCUT2D eigenvalue weighted by Crippen LogP contribution is 2.36. The molecule has 0 saturated carbocycles. The second kappa shape index (κ2) is 7.55. The Hall–Kier alpha value is -0.560. The molecule has 1 aromatic rings. The van der Waals surface area contributed by atoms with Gasteiger partial charge in [0.25, 0.3) is 0 Å². The monoisotopic (exact) mass is 410 g/mol. The van der Waals surface area contributed by atoms with Crippen LogP contribution in [0.2, 0.25) is 5.02 Å². The quantitative estimate of drug-likeness (QED) is 0.525. The van der Waals surface area contributed by atoms with Crippen LogP contribution in [-0.2, 0) is 11.0 Å². The first-order valence-corrected chi connectivity index (χ1v) is 7.84. The van der Waals surface area contributed by atoms with E-state index < -0.39 is 27.6 Å². The Morgan fingerprint density at radius 3 is 2.13 bits per heavy atom. The van der Waals surface area contributed by atoms with Gasteiger partial charge in [0, 0.05) is 5.92 Å². The molecule has 0 fully saturated rings. The maximum atomic E-state index is 12.6. The molecule has 1 aromatic carbocycles. The second-order valence-electron chi connectivity index (χ2n) is 4.97. The Bertz CT molecular complexity index is 573. The first-order chi connectivity index (χ1) is 10.3. The van der Waals surface area contributed by atoms with Gasteiger partial charge in [0.15, 0.2) is 0 Å². The summed E-state index contributed by atoms with van der Waals surface area (Å²) in [5.41, 5.74) is -0.829. The maximum absolute atomic E-state index is 12.6. The van der Waals surface area contributed by atoms with Crippen molar-refractivity contribution < 1.29 is 18.0 Å². The van der Waals surface area contributed by atoms with Crippen molar-refractivity contribution in [2.24, 2.45) is 5.92 Å². The van der Waals surface area contributed by atoms with Crippen molar-refractivity contribution >= 4 is 58.0 Å². The number of alkyl halides is 6. The van der Waals surface area contributed by atoms with Crippen LogP contribution in [0, 0.1) is 5.92 Å². The molecule has 0 aliphatic rings. The molecule has 0 aliphatic carbocycles. The summed E-state index contributed by atoms with van der Waals surface area (Å²) in [4.78, 5) is 11.8. The molecule has 0 bridgehead atoms. The highest BCUT2D eigenvalue weighted by atomic mass is 35.6. The number of nitrogens with one attached hydrogen (secondary N) is 2. The number of amides is 1. The number of benzene rings is 1. The maximum Gasteiger partial charge on any atom is 0.416 e. The third-order valence-electron chi connectivity index (χ3n) is 2.73. The molecule has 1 amide bonds. The van der Waals surface area contributed by atoms with Crippen LogP contribution in [0.4, 0.5) is 18.9 Å². The Balaban J connectivity index is 3.03. The van der Waals surface area contributed by atoms with Gasteiger partial charge in [-0.15, -0.1) is 0 Å². The predicted octanol–water partition coefficient (Wildman–Crippen LogP) is 5.24. The topological polar surface area (TPSA) is 41.1 Å².